The Morgan fingerprint density at radius 2 is 1.55 bits per heavy atom. The van der Waals surface area contributed by atoms with Gasteiger partial charge in [-0.05, 0) is 55.7 Å². The molecule has 0 amide bonds. The normalized spacial score (nSPS) is 13.7. The van der Waals surface area contributed by atoms with Crippen molar-refractivity contribution in [2.24, 2.45) is 0 Å². The standard InChI is InChI=1S/C21H12O/c22-20-10-4-8-16-18(20)12-14-6-3-9-17-15-7-2-1-5-13(15)11-19(16)21(14)17/h1-12H. The van der Waals surface area contributed by atoms with Crippen LogP contribution in [0.2, 0.25) is 0 Å². The molecule has 4 aromatic carbocycles. The number of benzene rings is 4. The van der Waals surface area contributed by atoms with Gasteiger partial charge in [0.15, 0.2) is 5.78 Å². The number of carbonyl (C=O) groups is 1. The molecule has 1 aliphatic rings. The summed E-state index contributed by atoms with van der Waals surface area (Å²) in [5.74, 6) is 0.0910. The fourth-order valence-corrected chi connectivity index (χ4v) is 3.61. The van der Waals surface area contributed by atoms with Crippen LogP contribution in [0.5, 0.6) is 0 Å². The molecule has 5 rings (SSSR count). The molecule has 4 aromatic rings. The Morgan fingerprint density at radius 1 is 0.727 bits per heavy atom. The maximum Gasteiger partial charge on any atom is 0.186 e. The van der Waals surface area contributed by atoms with Crippen LogP contribution in [-0.2, 0) is 0 Å². The molecule has 1 heteroatoms. The van der Waals surface area contributed by atoms with Crippen LogP contribution in [0.1, 0.15) is 10.4 Å². The highest BCUT2D eigenvalue weighted by molar-refractivity contribution is 6.23. The van der Waals surface area contributed by atoms with Crippen molar-refractivity contribution in [2.75, 3.05) is 0 Å². The van der Waals surface area contributed by atoms with E-state index >= 15 is 0 Å². The van der Waals surface area contributed by atoms with Crippen LogP contribution < -0.4 is 5.22 Å². The van der Waals surface area contributed by atoms with Crippen molar-refractivity contribution in [3.63, 3.8) is 0 Å². The van der Waals surface area contributed by atoms with Gasteiger partial charge in [-0.1, -0.05) is 54.6 Å². The average molecular weight is 280 g/mol. The predicted octanol–water partition coefficient (Wildman–Crippen LogP) is 4.40. The summed E-state index contributed by atoms with van der Waals surface area (Å²) in [5, 5.41) is 8.32. The van der Waals surface area contributed by atoms with E-state index in [1.54, 1.807) is 6.08 Å². The Morgan fingerprint density at radius 3 is 2.50 bits per heavy atom. The van der Waals surface area contributed by atoms with Gasteiger partial charge in [-0.2, -0.15) is 0 Å². The minimum absolute atomic E-state index is 0.0910. The first kappa shape index (κ1) is 11.7. The van der Waals surface area contributed by atoms with E-state index in [4.69, 9.17) is 0 Å². The predicted molar refractivity (Wildman–Crippen MR) is 92.1 cm³/mol. The van der Waals surface area contributed by atoms with Crippen molar-refractivity contribution >= 4 is 44.2 Å². The second-order valence-electron chi connectivity index (χ2n) is 5.78. The summed E-state index contributed by atoms with van der Waals surface area (Å²) in [6.07, 6.45) is 5.54. The van der Waals surface area contributed by atoms with Crippen LogP contribution in [0.15, 0.2) is 66.7 Å². The fourth-order valence-electron chi connectivity index (χ4n) is 3.61. The van der Waals surface area contributed by atoms with E-state index in [0.717, 1.165) is 16.2 Å². The summed E-state index contributed by atoms with van der Waals surface area (Å²) >= 11 is 0. The lowest BCUT2D eigenvalue weighted by Gasteiger charge is -2.13. The molecule has 0 aliphatic heterocycles. The molecule has 1 nitrogen and oxygen atoms in total. The number of hydrogen-bond donors (Lipinski definition) is 0. The highest BCUT2D eigenvalue weighted by atomic mass is 16.1. The highest BCUT2D eigenvalue weighted by Crippen LogP contribution is 2.32. The maximum atomic E-state index is 12.2. The van der Waals surface area contributed by atoms with Crippen molar-refractivity contribution in [2.45, 2.75) is 0 Å². The topological polar surface area (TPSA) is 17.1 Å². The van der Waals surface area contributed by atoms with Gasteiger partial charge in [-0.25, -0.2) is 0 Å². The van der Waals surface area contributed by atoms with E-state index < -0.39 is 0 Å². The molecule has 0 unspecified atom stereocenters. The Bertz CT molecular complexity index is 1180. The Labute approximate surface area is 127 Å². The smallest absolute Gasteiger partial charge is 0.186 e. The number of allylic oxidation sites excluding steroid dienone is 2. The lowest BCUT2D eigenvalue weighted by molar-refractivity contribution is 0.104. The third-order valence-corrected chi connectivity index (χ3v) is 4.57. The van der Waals surface area contributed by atoms with E-state index in [1.807, 2.05) is 18.2 Å². The van der Waals surface area contributed by atoms with Crippen LogP contribution in [0.25, 0.3) is 38.4 Å². The summed E-state index contributed by atoms with van der Waals surface area (Å²) in [6, 6.07) is 19.0. The van der Waals surface area contributed by atoms with Crippen LogP contribution in [-0.4, -0.2) is 5.78 Å². The van der Waals surface area contributed by atoms with Crippen LogP contribution in [0.4, 0.5) is 0 Å². The third kappa shape index (κ3) is 1.40. The molecule has 102 valence electrons. The summed E-state index contributed by atoms with van der Waals surface area (Å²) in [6.45, 7) is 0. The molecule has 0 atom stereocenters. The van der Waals surface area contributed by atoms with Crippen molar-refractivity contribution in [3.05, 3.63) is 77.5 Å². The Hall–Kier alpha value is -2.93. The van der Waals surface area contributed by atoms with E-state index in [0.29, 0.717) is 0 Å². The molecule has 0 saturated carbocycles. The first-order valence-electron chi connectivity index (χ1n) is 7.42. The maximum absolute atomic E-state index is 12.2. The third-order valence-electron chi connectivity index (χ3n) is 4.57. The van der Waals surface area contributed by atoms with Gasteiger partial charge in [0.05, 0.1) is 0 Å². The number of hydrogen-bond acceptors (Lipinski definition) is 1. The largest absolute Gasteiger partial charge is 0.289 e. The van der Waals surface area contributed by atoms with Crippen LogP contribution in [0.3, 0.4) is 0 Å². The second-order valence-corrected chi connectivity index (χ2v) is 5.78. The molecule has 22 heavy (non-hydrogen) atoms. The number of carbonyl (C=O) groups excluding carboxylic acids is 1. The molecular weight excluding hydrogens is 268 g/mol. The molecule has 0 N–H and O–H groups in total. The van der Waals surface area contributed by atoms with Gasteiger partial charge in [0.2, 0.25) is 0 Å². The fraction of sp³-hybridized carbons (Fsp3) is 0. The Balaban J connectivity index is 2.18. The first-order chi connectivity index (χ1) is 10.8. The molecule has 0 radical (unpaired) electrons. The van der Waals surface area contributed by atoms with Crippen LogP contribution >= 0.6 is 0 Å². The molecule has 0 bridgehead atoms. The second kappa shape index (κ2) is 4.05. The number of rotatable bonds is 0. The summed E-state index contributed by atoms with van der Waals surface area (Å²) in [5.41, 5.74) is 0.804. The molecule has 1 aliphatic carbocycles. The van der Waals surface area contributed by atoms with Gasteiger partial charge in [-0.15, -0.1) is 0 Å². The molecule has 0 aromatic heterocycles. The van der Waals surface area contributed by atoms with Gasteiger partial charge < -0.3 is 0 Å². The van der Waals surface area contributed by atoms with Gasteiger partial charge in [0, 0.05) is 5.56 Å². The van der Waals surface area contributed by atoms with Gasteiger partial charge >= 0.3 is 0 Å². The molecule has 0 heterocycles. The van der Waals surface area contributed by atoms with E-state index in [1.165, 1.54) is 26.9 Å². The van der Waals surface area contributed by atoms with Gasteiger partial charge in [0.1, 0.15) is 0 Å². The summed E-state index contributed by atoms with van der Waals surface area (Å²) < 4.78 is 0. The minimum Gasteiger partial charge on any atom is -0.289 e. The first-order valence-corrected chi connectivity index (χ1v) is 7.42. The summed E-state index contributed by atoms with van der Waals surface area (Å²) in [4.78, 5) is 12.2. The average Bonchev–Trinajstić information content (AvgIpc) is 2.56. The SMILES string of the molecule is O=C1C=CC=c2c1cc1cccc3c4ccccc4cc2c13. The van der Waals surface area contributed by atoms with Crippen molar-refractivity contribution in [3.8, 4) is 0 Å². The summed E-state index contributed by atoms with van der Waals surface area (Å²) in [7, 11) is 0. The monoisotopic (exact) mass is 280 g/mol. The molecule has 0 saturated heterocycles. The van der Waals surface area contributed by atoms with Gasteiger partial charge in [-0.3, -0.25) is 4.79 Å². The Kier molecular flexibility index (Phi) is 2.15. The minimum atomic E-state index is 0.0910. The lowest BCUT2D eigenvalue weighted by atomic mass is 9.89. The van der Waals surface area contributed by atoms with Crippen LogP contribution in [0, 0.1) is 0 Å². The zero-order valence-corrected chi connectivity index (χ0v) is 11.8. The quantitative estimate of drug-likeness (QED) is 0.345. The zero-order chi connectivity index (χ0) is 14.7. The van der Waals surface area contributed by atoms with E-state index in [9.17, 15) is 4.79 Å². The molecular formula is C21H12O. The van der Waals surface area contributed by atoms with E-state index in [-0.39, 0.29) is 5.78 Å². The lowest BCUT2D eigenvalue weighted by Crippen LogP contribution is -2.17. The number of ketones is 1. The number of fused-ring (bicyclic) bond motifs is 4. The highest BCUT2D eigenvalue weighted by Gasteiger charge is 2.14. The van der Waals surface area contributed by atoms with Gasteiger partial charge in [0.25, 0.3) is 0 Å². The van der Waals surface area contributed by atoms with Crippen molar-refractivity contribution < 1.29 is 4.79 Å². The zero-order valence-electron chi connectivity index (χ0n) is 11.8. The molecule has 0 fully saturated rings. The van der Waals surface area contributed by atoms with Crippen molar-refractivity contribution in [1.82, 2.24) is 0 Å². The van der Waals surface area contributed by atoms with E-state index in [2.05, 4.69) is 48.5 Å². The molecule has 0 spiro atoms. The van der Waals surface area contributed by atoms with Crippen molar-refractivity contribution in [1.29, 1.82) is 0 Å².